The number of rotatable bonds is 2. The molecule has 0 amide bonds. The molecule has 1 N–H and O–H groups in total. The van der Waals surface area contributed by atoms with E-state index in [2.05, 4.69) is 70.4 Å². The molecule has 1 aliphatic carbocycles. The van der Waals surface area contributed by atoms with Crippen LogP contribution in [0.1, 0.15) is 37.7 Å². The van der Waals surface area contributed by atoms with E-state index in [1.165, 1.54) is 59.3 Å². The van der Waals surface area contributed by atoms with Crippen LogP contribution in [-0.2, 0) is 5.54 Å². The molecule has 5 rings (SSSR count). The Morgan fingerprint density at radius 2 is 1.76 bits per heavy atom. The van der Waals surface area contributed by atoms with Gasteiger partial charge in [-0.25, -0.2) is 4.98 Å². The Morgan fingerprint density at radius 1 is 0.960 bits per heavy atom. The lowest BCUT2D eigenvalue weighted by molar-refractivity contribution is 0.252. The SMILES string of the molecule is CNC1(c2cccc3c2c2ccccc2c2nccn32)CCCCC1. The first-order chi connectivity index (χ1) is 12.3. The molecule has 4 aromatic rings. The molecule has 1 fully saturated rings. The molecule has 0 radical (unpaired) electrons. The number of nitrogens with zero attached hydrogens (tertiary/aromatic N) is 2. The van der Waals surface area contributed by atoms with E-state index in [0.29, 0.717) is 0 Å². The van der Waals surface area contributed by atoms with Crippen LogP contribution in [0.3, 0.4) is 0 Å². The van der Waals surface area contributed by atoms with Crippen molar-refractivity contribution in [3.8, 4) is 0 Å². The topological polar surface area (TPSA) is 29.3 Å². The molecule has 0 saturated heterocycles. The number of hydrogen-bond donors (Lipinski definition) is 1. The molecule has 3 heteroatoms. The molecule has 2 aromatic carbocycles. The van der Waals surface area contributed by atoms with Gasteiger partial charge in [-0.3, -0.25) is 4.40 Å². The van der Waals surface area contributed by atoms with Gasteiger partial charge in [-0.05, 0) is 36.9 Å². The zero-order chi connectivity index (χ0) is 16.9. The Balaban J connectivity index is 1.97. The van der Waals surface area contributed by atoms with Gasteiger partial charge >= 0.3 is 0 Å². The molecule has 0 unspecified atom stereocenters. The molecule has 25 heavy (non-hydrogen) atoms. The quantitative estimate of drug-likeness (QED) is 0.523. The van der Waals surface area contributed by atoms with Gasteiger partial charge in [0.15, 0.2) is 0 Å². The van der Waals surface area contributed by atoms with Crippen LogP contribution in [0.5, 0.6) is 0 Å². The van der Waals surface area contributed by atoms with Crippen LogP contribution >= 0.6 is 0 Å². The van der Waals surface area contributed by atoms with Crippen molar-refractivity contribution in [1.82, 2.24) is 14.7 Å². The van der Waals surface area contributed by atoms with E-state index in [0.717, 1.165) is 5.65 Å². The minimum atomic E-state index is 0.0782. The minimum Gasteiger partial charge on any atom is -0.310 e. The molecule has 1 saturated carbocycles. The van der Waals surface area contributed by atoms with Gasteiger partial charge in [-0.1, -0.05) is 55.7 Å². The van der Waals surface area contributed by atoms with Crippen LogP contribution in [0.2, 0.25) is 0 Å². The van der Waals surface area contributed by atoms with Gasteiger partial charge in [-0.2, -0.15) is 0 Å². The Labute approximate surface area is 147 Å². The lowest BCUT2D eigenvalue weighted by Crippen LogP contribution is -2.41. The van der Waals surface area contributed by atoms with E-state index in [1.54, 1.807) is 0 Å². The van der Waals surface area contributed by atoms with E-state index >= 15 is 0 Å². The first-order valence-corrected chi connectivity index (χ1v) is 9.30. The Kier molecular flexibility index (Phi) is 3.32. The van der Waals surface area contributed by atoms with Crippen LogP contribution in [0.25, 0.3) is 27.3 Å². The third-order valence-electron chi connectivity index (χ3n) is 6.08. The lowest BCUT2D eigenvalue weighted by Gasteiger charge is -2.38. The Hall–Kier alpha value is -2.39. The maximum Gasteiger partial charge on any atom is 0.145 e. The van der Waals surface area contributed by atoms with Crippen molar-refractivity contribution in [3.63, 3.8) is 0 Å². The number of nitrogens with one attached hydrogen (secondary N) is 1. The molecule has 0 bridgehead atoms. The molecule has 3 nitrogen and oxygen atoms in total. The summed E-state index contributed by atoms with van der Waals surface area (Å²) in [6.45, 7) is 0. The lowest BCUT2D eigenvalue weighted by atomic mass is 9.75. The summed E-state index contributed by atoms with van der Waals surface area (Å²) < 4.78 is 2.24. The fourth-order valence-electron chi connectivity index (χ4n) is 4.83. The predicted octanol–water partition coefficient (Wildman–Crippen LogP) is 5.02. The predicted molar refractivity (Wildman–Crippen MR) is 104 cm³/mol. The van der Waals surface area contributed by atoms with Crippen LogP contribution in [0.4, 0.5) is 0 Å². The largest absolute Gasteiger partial charge is 0.310 e. The minimum absolute atomic E-state index is 0.0782. The number of benzene rings is 2. The summed E-state index contributed by atoms with van der Waals surface area (Å²) in [5, 5.41) is 7.63. The second-order valence-electron chi connectivity index (χ2n) is 7.26. The second-order valence-corrected chi connectivity index (χ2v) is 7.26. The summed E-state index contributed by atoms with van der Waals surface area (Å²) in [4.78, 5) is 4.62. The van der Waals surface area contributed by atoms with Crippen molar-refractivity contribution >= 4 is 27.3 Å². The molecule has 2 heterocycles. The number of imidazole rings is 1. The number of aromatic nitrogens is 2. The Morgan fingerprint density at radius 3 is 2.56 bits per heavy atom. The van der Waals surface area contributed by atoms with Crippen LogP contribution in [0, 0.1) is 0 Å². The highest BCUT2D eigenvalue weighted by Crippen LogP contribution is 2.42. The highest BCUT2D eigenvalue weighted by Gasteiger charge is 2.34. The summed E-state index contributed by atoms with van der Waals surface area (Å²) in [5.74, 6) is 0. The molecular formula is C22H23N3. The molecule has 126 valence electrons. The van der Waals surface area contributed by atoms with Crippen LogP contribution in [-0.4, -0.2) is 16.4 Å². The second kappa shape index (κ2) is 5.57. The normalized spacial score (nSPS) is 17.5. The van der Waals surface area contributed by atoms with E-state index in [4.69, 9.17) is 0 Å². The van der Waals surface area contributed by atoms with Crippen molar-refractivity contribution in [2.24, 2.45) is 0 Å². The molecule has 0 spiro atoms. The van der Waals surface area contributed by atoms with Crippen molar-refractivity contribution in [1.29, 1.82) is 0 Å². The van der Waals surface area contributed by atoms with E-state index in [9.17, 15) is 0 Å². The van der Waals surface area contributed by atoms with Gasteiger partial charge in [-0.15, -0.1) is 0 Å². The van der Waals surface area contributed by atoms with Gasteiger partial charge < -0.3 is 5.32 Å². The number of hydrogen-bond acceptors (Lipinski definition) is 2. The zero-order valence-corrected chi connectivity index (χ0v) is 14.6. The average molecular weight is 329 g/mol. The molecule has 0 atom stereocenters. The zero-order valence-electron chi connectivity index (χ0n) is 14.6. The summed E-state index contributed by atoms with van der Waals surface area (Å²) >= 11 is 0. The maximum atomic E-state index is 4.62. The summed E-state index contributed by atoms with van der Waals surface area (Å²) in [6.07, 6.45) is 10.3. The molecule has 2 aromatic heterocycles. The van der Waals surface area contributed by atoms with Gasteiger partial charge in [0, 0.05) is 28.7 Å². The summed E-state index contributed by atoms with van der Waals surface area (Å²) in [6, 6.07) is 15.5. The first-order valence-electron chi connectivity index (χ1n) is 9.30. The van der Waals surface area contributed by atoms with Gasteiger partial charge in [0.2, 0.25) is 0 Å². The van der Waals surface area contributed by atoms with E-state index < -0.39 is 0 Å². The number of fused-ring (bicyclic) bond motifs is 6. The Bertz CT molecular complexity index is 1070. The van der Waals surface area contributed by atoms with Crippen molar-refractivity contribution < 1.29 is 0 Å². The third-order valence-corrected chi connectivity index (χ3v) is 6.08. The van der Waals surface area contributed by atoms with Gasteiger partial charge in [0.25, 0.3) is 0 Å². The fourth-order valence-corrected chi connectivity index (χ4v) is 4.83. The highest BCUT2D eigenvalue weighted by atomic mass is 15.0. The maximum absolute atomic E-state index is 4.62. The number of pyridine rings is 1. The van der Waals surface area contributed by atoms with E-state index in [-0.39, 0.29) is 5.54 Å². The van der Waals surface area contributed by atoms with Gasteiger partial charge in [0.05, 0.1) is 5.52 Å². The van der Waals surface area contributed by atoms with Crippen molar-refractivity contribution in [2.75, 3.05) is 7.05 Å². The summed E-state index contributed by atoms with van der Waals surface area (Å²) in [7, 11) is 2.13. The molecular weight excluding hydrogens is 306 g/mol. The first kappa shape index (κ1) is 14.9. The monoisotopic (exact) mass is 329 g/mol. The average Bonchev–Trinajstić information content (AvgIpc) is 3.18. The summed E-state index contributed by atoms with van der Waals surface area (Å²) in [5.41, 5.74) is 3.82. The van der Waals surface area contributed by atoms with Crippen LogP contribution in [0.15, 0.2) is 54.9 Å². The van der Waals surface area contributed by atoms with E-state index in [1.807, 2.05) is 6.20 Å². The smallest absolute Gasteiger partial charge is 0.145 e. The molecule has 0 aliphatic heterocycles. The molecule has 1 aliphatic rings. The van der Waals surface area contributed by atoms with Gasteiger partial charge in [0.1, 0.15) is 5.65 Å². The van der Waals surface area contributed by atoms with Crippen LogP contribution < -0.4 is 5.32 Å². The van der Waals surface area contributed by atoms with Crippen molar-refractivity contribution in [3.05, 3.63) is 60.4 Å². The third kappa shape index (κ3) is 2.05. The standard InChI is InChI=1S/C22H23N3/c1-23-22(12-5-2-6-13-22)18-10-7-11-19-20(18)16-8-3-4-9-17(16)21-24-14-15-25(19)21/h3-4,7-11,14-15,23H,2,5-6,12-13H2,1H3. The highest BCUT2D eigenvalue weighted by molar-refractivity contribution is 6.13. The van der Waals surface area contributed by atoms with Crippen molar-refractivity contribution in [2.45, 2.75) is 37.6 Å². The fraction of sp³-hybridized carbons (Fsp3) is 0.318.